The van der Waals surface area contributed by atoms with Crippen LogP contribution >= 0.6 is 0 Å². The monoisotopic (exact) mass is 389 g/mol. The highest BCUT2D eigenvalue weighted by Gasteiger charge is 2.22. The van der Waals surface area contributed by atoms with Gasteiger partial charge in [0.1, 0.15) is 6.07 Å². The van der Waals surface area contributed by atoms with Crippen LogP contribution in [0.1, 0.15) is 24.8 Å². The third-order valence-electron chi connectivity index (χ3n) is 5.77. The van der Waals surface area contributed by atoms with Gasteiger partial charge < -0.3 is 20.0 Å². The van der Waals surface area contributed by atoms with E-state index in [1.165, 1.54) is 24.9 Å². The van der Waals surface area contributed by atoms with Crippen LogP contribution in [0.25, 0.3) is 0 Å². The van der Waals surface area contributed by atoms with Crippen LogP contribution in [0.4, 0.5) is 21.9 Å². The molecule has 0 aliphatic carbocycles. The van der Waals surface area contributed by atoms with Crippen molar-refractivity contribution in [2.24, 2.45) is 0 Å². The normalized spacial score (nSPS) is 17.0. The van der Waals surface area contributed by atoms with Gasteiger partial charge in [-0.05, 0) is 55.7 Å². The number of para-hydroxylation sites is 1. The Bertz CT molecular complexity index is 875. The molecule has 0 radical (unpaired) electrons. The van der Waals surface area contributed by atoms with Gasteiger partial charge in [0.25, 0.3) is 0 Å². The number of rotatable bonds is 3. The second-order valence-corrected chi connectivity index (χ2v) is 7.63. The summed E-state index contributed by atoms with van der Waals surface area (Å²) >= 11 is 0. The Labute approximate surface area is 172 Å². The first-order chi connectivity index (χ1) is 14.2. The zero-order chi connectivity index (χ0) is 20.1. The van der Waals surface area contributed by atoms with Crippen molar-refractivity contribution in [3.8, 4) is 6.07 Å². The van der Waals surface area contributed by atoms with Crippen LogP contribution < -0.4 is 15.1 Å². The smallest absolute Gasteiger partial charge is 0.321 e. The average Bonchev–Trinajstić information content (AvgIpc) is 2.80. The van der Waals surface area contributed by atoms with Gasteiger partial charge >= 0.3 is 6.03 Å². The molecule has 2 aliphatic heterocycles. The molecular formula is C23H27N5O. The number of nitriles is 1. The molecule has 2 aromatic carbocycles. The summed E-state index contributed by atoms with van der Waals surface area (Å²) in [6, 6.07) is 18.0. The topological polar surface area (TPSA) is 62.6 Å². The fourth-order valence-electron chi connectivity index (χ4n) is 4.10. The van der Waals surface area contributed by atoms with Gasteiger partial charge in [-0.25, -0.2) is 4.79 Å². The number of urea groups is 1. The number of nitrogens with zero attached hydrogens (tertiary/aromatic N) is 4. The highest BCUT2D eigenvalue weighted by atomic mass is 16.2. The van der Waals surface area contributed by atoms with Gasteiger partial charge in [0, 0.05) is 50.6 Å². The number of piperidine rings is 1. The summed E-state index contributed by atoms with van der Waals surface area (Å²) in [5.41, 5.74) is 3.68. The van der Waals surface area contributed by atoms with Crippen LogP contribution in [-0.4, -0.2) is 50.2 Å². The SMILES string of the molecule is N#Cc1ccccc1N1CCN(C(=O)Nc2ccc(N3CCCCC3)cc2)CC1. The van der Waals surface area contributed by atoms with Gasteiger partial charge in [-0.3, -0.25) is 0 Å². The van der Waals surface area contributed by atoms with E-state index in [1.807, 2.05) is 41.3 Å². The lowest BCUT2D eigenvalue weighted by molar-refractivity contribution is 0.208. The summed E-state index contributed by atoms with van der Waals surface area (Å²) in [5.74, 6) is 0. The second kappa shape index (κ2) is 8.87. The lowest BCUT2D eigenvalue weighted by Crippen LogP contribution is -2.50. The maximum Gasteiger partial charge on any atom is 0.321 e. The quantitative estimate of drug-likeness (QED) is 0.865. The Kier molecular flexibility index (Phi) is 5.85. The first kappa shape index (κ1) is 19.1. The van der Waals surface area contributed by atoms with Gasteiger partial charge in [-0.2, -0.15) is 5.26 Å². The molecule has 4 rings (SSSR count). The van der Waals surface area contributed by atoms with Crippen LogP contribution in [0.15, 0.2) is 48.5 Å². The third-order valence-corrected chi connectivity index (χ3v) is 5.77. The van der Waals surface area contributed by atoms with E-state index >= 15 is 0 Å². The summed E-state index contributed by atoms with van der Waals surface area (Å²) in [4.78, 5) is 19.1. The summed E-state index contributed by atoms with van der Waals surface area (Å²) in [5, 5.41) is 12.3. The van der Waals surface area contributed by atoms with Crippen molar-refractivity contribution in [3.63, 3.8) is 0 Å². The highest BCUT2D eigenvalue weighted by Crippen LogP contribution is 2.23. The molecule has 0 bridgehead atoms. The predicted octanol–water partition coefficient (Wildman–Crippen LogP) is 3.90. The van der Waals surface area contributed by atoms with Crippen LogP contribution in [0, 0.1) is 11.3 Å². The van der Waals surface area contributed by atoms with Gasteiger partial charge in [0.05, 0.1) is 11.3 Å². The first-order valence-electron chi connectivity index (χ1n) is 10.4. The maximum atomic E-state index is 12.7. The van der Waals surface area contributed by atoms with Crippen LogP contribution in [0.2, 0.25) is 0 Å². The van der Waals surface area contributed by atoms with Gasteiger partial charge in [-0.15, -0.1) is 0 Å². The van der Waals surface area contributed by atoms with E-state index in [0.29, 0.717) is 18.7 Å². The lowest BCUT2D eigenvalue weighted by Gasteiger charge is -2.36. The minimum Gasteiger partial charge on any atom is -0.372 e. The van der Waals surface area contributed by atoms with E-state index in [0.717, 1.165) is 37.6 Å². The fourth-order valence-corrected chi connectivity index (χ4v) is 4.10. The number of benzene rings is 2. The zero-order valence-corrected chi connectivity index (χ0v) is 16.7. The van der Waals surface area contributed by atoms with Crippen LogP contribution in [0.5, 0.6) is 0 Å². The number of carbonyl (C=O) groups excluding carboxylic acids is 1. The molecule has 29 heavy (non-hydrogen) atoms. The molecule has 6 heteroatoms. The number of hydrogen-bond acceptors (Lipinski definition) is 4. The van der Waals surface area contributed by atoms with Gasteiger partial charge in [-0.1, -0.05) is 12.1 Å². The third kappa shape index (κ3) is 4.45. The zero-order valence-electron chi connectivity index (χ0n) is 16.7. The molecule has 2 saturated heterocycles. The summed E-state index contributed by atoms with van der Waals surface area (Å²) in [6.07, 6.45) is 3.83. The molecule has 6 nitrogen and oxygen atoms in total. The van der Waals surface area contributed by atoms with E-state index in [1.54, 1.807) is 0 Å². The van der Waals surface area contributed by atoms with Crippen molar-refractivity contribution < 1.29 is 4.79 Å². The lowest BCUT2D eigenvalue weighted by atomic mass is 10.1. The van der Waals surface area contributed by atoms with Crippen molar-refractivity contribution in [1.29, 1.82) is 5.26 Å². The van der Waals surface area contributed by atoms with E-state index < -0.39 is 0 Å². The van der Waals surface area contributed by atoms with Gasteiger partial charge in [0.15, 0.2) is 0 Å². The molecule has 0 saturated carbocycles. The highest BCUT2D eigenvalue weighted by molar-refractivity contribution is 5.89. The minimum absolute atomic E-state index is 0.0658. The number of hydrogen-bond donors (Lipinski definition) is 1. The average molecular weight is 390 g/mol. The number of anilines is 3. The van der Waals surface area contributed by atoms with Crippen molar-refractivity contribution in [3.05, 3.63) is 54.1 Å². The molecule has 0 aromatic heterocycles. The Hall–Kier alpha value is -3.20. The Morgan fingerprint density at radius 3 is 2.21 bits per heavy atom. The van der Waals surface area contributed by atoms with Crippen LogP contribution in [-0.2, 0) is 0 Å². The molecule has 0 atom stereocenters. The van der Waals surface area contributed by atoms with Gasteiger partial charge in [0.2, 0.25) is 0 Å². The van der Waals surface area contributed by atoms with E-state index in [2.05, 4.69) is 33.3 Å². The van der Waals surface area contributed by atoms with Crippen molar-refractivity contribution >= 4 is 23.1 Å². The fraction of sp³-hybridized carbons (Fsp3) is 0.391. The molecule has 2 heterocycles. The number of amides is 2. The van der Waals surface area contributed by atoms with Crippen molar-refractivity contribution in [2.45, 2.75) is 19.3 Å². The molecule has 0 unspecified atom stereocenters. The number of carbonyl (C=O) groups is 1. The first-order valence-corrected chi connectivity index (χ1v) is 10.4. The largest absolute Gasteiger partial charge is 0.372 e. The molecule has 2 amide bonds. The second-order valence-electron chi connectivity index (χ2n) is 7.63. The standard InChI is InChI=1S/C23H27N5O/c24-18-19-6-2-3-7-22(19)27-14-16-28(17-15-27)23(29)25-20-8-10-21(11-9-20)26-12-4-1-5-13-26/h2-3,6-11H,1,4-5,12-17H2,(H,25,29). The Morgan fingerprint density at radius 1 is 0.828 bits per heavy atom. The number of nitrogens with one attached hydrogen (secondary N) is 1. The number of piperazine rings is 1. The molecule has 2 fully saturated rings. The molecule has 2 aliphatic rings. The molecule has 150 valence electrons. The summed E-state index contributed by atoms with van der Waals surface area (Å²) in [6.45, 7) is 4.95. The maximum absolute atomic E-state index is 12.7. The van der Waals surface area contributed by atoms with E-state index in [-0.39, 0.29) is 6.03 Å². The van der Waals surface area contributed by atoms with Crippen LogP contribution in [0.3, 0.4) is 0 Å². The van der Waals surface area contributed by atoms with Crippen molar-refractivity contribution in [1.82, 2.24) is 4.90 Å². The Balaban J connectivity index is 1.31. The summed E-state index contributed by atoms with van der Waals surface area (Å²) < 4.78 is 0. The molecule has 2 aromatic rings. The molecule has 1 N–H and O–H groups in total. The summed E-state index contributed by atoms with van der Waals surface area (Å²) in [7, 11) is 0. The Morgan fingerprint density at radius 2 is 1.52 bits per heavy atom. The minimum atomic E-state index is -0.0658. The predicted molar refractivity (Wildman–Crippen MR) is 116 cm³/mol. The molecule has 0 spiro atoms. The van der Waals surface area contributed by atoms with E-state index in [4.69, 9.17) is 0 Å². The van der Waals surface area contributed by atoms with Crippen molar-refractivity contribution in [2.75, 3.05) is 54.4 Å². The van der Waals surface area contributed by atoms with E-state index in [9.17, 15) is 10.1 Å². The molecular weight excluding hydrogens is 362 g/mol.